The molecule has 0 aromatic carbocycles. The Balaban J connectivity index is 1.40. The first kappa shape index (κ1) is 13.0. The van der Waals surface area contributed by atoms with E-state index in [2.05, 4.69) is 15.3 Å². The second-order valence-electron chi connectivity index (χ2n) is 6.18. The van der Waals surface area contributed by atoms with Crippen molar-refractivity contribution in [2.75, 3.05) is 19.6 Å². The number of nitrogens with zero attached hydrogens (tertiary/aromatic N) is 3. The molecule has 1 N–H and O–H groups in total. The van der Waals surface area contributed by atoms with Crippen molar-refractivity contribution in [3.05, 3.63) is 18.1 Å². The smallest absolute Gasteiger partial charge is 0.232 e. The van der Waals surface area contributed by atoms with E-state index in [0.717, 1.165) is 25.2 Å². The van der Waals surface area contributed by atoms with E-state index >= 15 is 0 Å². The van der Waals surface area contributed by atoms with E-state index in [1.165, 1.54) is 12.8 Å². The molecule has 2 saturated heterocycles. The van der Waals surface area contributed by atoms with Gasteiger partial charge in [0.15, 0.2) is 0 Å². The van der Waals surface area contributed by atoms with Gasteiger partial charge in [-0.25, -0.2) is 4.98 Å². The summed E-state index contributed by atoms with van der Waals surface area (Å²) in [5.41, 5.74) is 1.07. The predicted molar refractivity (Wildman–Crippen MR) is 76.0 cm³/mol. The summed E-state index contributed by atoms with van der Waals surface area (Å²) in [6.45, 7) is 2.31. The Kier molecular flexibility index (Phi) is 3.25. The molecule has 4 rings (SSSR count). The van der Waals surface area contributed by atoms with Crippen LogP contribution in [0.1, 0.15) is 37.3 Å². The third-order valence-electron chi connectivity index (χ3n) is 4.52. The number of aromatic nitrogens is 2. The summed E-state index contributed by atoms with van der Waals surface area (Å²) < 4.78 is 5.92. The fourth-order valence-electron chi connectivity index (χ4n) is 3.21. The van der Waals surface area contributed by atoms with Crippen molar-refractivity contribution < 1.29 is 9.53 Å². The van der Waals surface area contributed by atoms with Crippen molar-refractivity contribution in [2.45, 2.75) is 43.7 Å². The quantitative estimate of drug-likeness (QED) is 0.886. The first-order valence-corrected chi connectivity index (χ1v) is 7.78. The fourth-order valence-corrected chi connectivity index (χ4v) is 3.21. The molecule has 0 spiro atoms. The molecule has 1 aliphatic carbocycles. The lowest BCUT2D eigenvalue weighted by atomic mass is 10.2. The van der Waals surface area contributed by atoms with Crippen molar-refractivity contribution >= 4 is 5.91 Å². The van der Waals surface area contributed by atoms with E-state index in [9.17, 15) is 4.79 Å². The topological polar surface area (TPSA) is 67.3 Å². The minimum atomic E-state index is 0.0277. The van der Waals surface area contributed by atoms with Crippen molar-refractivity contribution in [3.63, 3.8) is 0 Å². The molecule has 0 radical (unpaired) electrons. The number of rotatable bonds is 3. The summed E-state index contributed by atoms with van der Waals surface area (Å²) in [4.78, 5) is 22.8. The van der Waals surface area contributed by atoms with E-state index in [1.54, 1.807) is 6.20 Å². The van der Waals surface area contributed by atoms with Crippen LogP contribution in [0.3, 0.4) is 0 Å². The highest BCUT2D eigenvalue weighted by Gasteiger charge is 2.37. The van der Waals surface area contributed by atoms with Gasteiger partial charge in [0, 0.05) is 37.9 Å². The molecule has 6 nitrogen and oxygen atoms in total. The van der Waals surface area contributed by atoms with E-state index in [1.807, 2.05) is 11.1 Å². The Hall–Kier alpha value is -1.69. The Morgan fingerprint density at radius 1 is 1.29 bits per heavy atom. The molecule has 1 amide bonds. The molecule has 112 valence electrons. The van der Waals surface area contributed by atoms with Gasteiger partial charge in [-0.1, -0.05) is 0 Å². The van der Waals surface area contributed by atoms with Crippen LogP contribution in [0.15, 0.2) is 12.4 Å². The zero-order valence-corrected chi connectivity index (χ0v) is 12.0. The highest BCUT2D eigenvalue weighted by atomic mass is 16.5. The second kappa shape index (κ2) is 5.26. The molecule has 2 atom stereocenters. The van der Waals surface area contributed by atoms with E-state index in [0.29, 0.717) is 24.8 Å². The van der Waals surface area contributed by atoms with Gasteiger partial charge in [0.1, 0.15) is 6.10 Å². The molecule has 2 aliphatic heterocycles. The van der Waals surface area contributed by atoms with Crippen molar-refractivity contribution in [1.82, 2.24) is 20.2 Å². The Labute approximate surface area is 123 Å². The molecule has 0 bridgehead atoms. The predicted octanol–water partition coefficient (Wildman–Crippen LogP) is 0.696. The normalized spacial score (nSPS) is 29.1. The van der Waals surface area contributed by atoms with Crippen molar-refractivity contribution in [2.24, 2.45) is 0 Å². The lowest BCUT2D eigenvalue weighted by Crippen LogP contribution is -2.37. The molecule has 1 aromatic heterocycles. The van der Waals surface area contributed by atoms with Gasteiger partial charge in [-0.15, -0.1) is 0 Å². The van der Waals surface area contributed by atoms with E-state index in [-0.39, 0.29) is 18.1 Å². The molecule has 3 fully saturated rings. The van der Waals surface area contributed by atoms with Crippen LogP contribution in [-0.2, 0) is 4.79 Å². The fraction of sp³-hybridized carbons (Fsp3) is 0.667. The minimum absolute atomic E-state index is 0.0277. The maximum absolute atomic E-state index is 12.0. The summed E-state index contributed by atoms with van der Waals surface area (Å²) in [7, 11) is 0. The summed E-state index contributed by atoms with van der Waals surface area (Å²) in [6, 6.07) is 0.253. The van der Waals surface area contributed by atoms with Gasteiger partial charge in [0.2, 0.25) is 11.8 Å². The van der Waals surface area contributed by atoms with E-state index < -0.39 is 0 Å². The van der Waals surface area contributed by atoms with Crippen LogP contribution >= 0.6 is 0 Å². The highest BCUT2D eigenvalue weighted by molar-refractivity contribution is 5.77. The third kappa shape index (κ3) is 2.72. The highest BCUT2D eigenvalue weighted by Crippen LogP contribution is 2.38. The largest absolute Gasteiger partial charge is 0.471 e. The lowest BCUT2D eigenvalue weighted by molar-refractivity contribution is -0.131. The number of carbonyl (C=O) groups is 1. The molecule has 6 heteroatoms. The van der Waals surface area contributed by atoms with Crippen LogP contribution in [0, 0.1) is 0 Å². The van der Waals surface area contributed by atoms with Crippen LogP contribution < -0.4 is 10.1 Å². The number of ether oxygens (including phenoxy) is 1. The Morgan fingerprint density at radius 3 is 2.95 bits per heavy atom. The molecule has 0 unspecified atom stereocenters. The average Bonchev–Trinajstić information content (AvgIpc) is 3.28. The zero-order chi connectivity index (χ0) is 14.2. The van der Waals surface area contributed by atoms with Crippen LogP contribution in [-0.4, -0.2) is 52.6 Å². The number of amides is 1. The zero-order valence-electron chi connectivity index (χ0n) is 12.0. The van der Waals surface area contributed by atoms with Gasteiger partial charge >= 0.3 is 0 Å². The molecule has 21 heavy (non-hydrogen) atoms. The van der Waals surface area contributed by atoms with Crippen LogP contribution in [0.2, 0.25) is 0 Å². The van der Waals surface area contributed by atoms with Gasteiger partial charge in [0.25, 0.3) is 0 Å². The lowest BCUT2D eigenvalue weighted by Gasteiger charge is -2.20. The monoisotopic (exact) mass is 288 g/mol. The minimum Gasteiger partial charge on any atom is -0.471 e. The molecule has 3 heterocycles. The molecule has 1 aromatic rings. The summed E-state index contributed by atoms with van der Waals surface area (Å²) in [5.74, 6) is 1.41. The van der Waals surface area contributed by atoms with Crippen LogP contribution in [0.4, 0.5) is 0 Å². The van der Waals surface area contributed by atoms with Gasteiger partial charge < -0.3 is 15.0 Å². The standard InChI is InChI=1S/C15H20N4O2/c20-15-3-4-16-6-11-5-12(9-19(11)15)21-14-8-17-13(7-18-14)10-1-2-10/h7-8,10-12,16H,1-6,9H2/t11-,12-/m0/s1. The molecular weight excluding hydrogens is 268 g/mol. The van der Waals surface area contributed by atoms with Gasteiger partial charge in [-0.3, -0.25) is 9.78 Å². The van der Waals surface area contributed by atoms with Gasteiger partial charge in [-0.05, 0) is 12.8 Å². The Morgan fingerprint density at radius 2 is 2.19 bits per heavy atom. The van der Waals surface area contributed by atoms with Gasteiger partial charge in [0.05, 0.1) is 24.6 Å². The Bertz CT molecular complexity index is 529. The number of hydrogen-bond donors (Lipinski definition) is 1. The third-order valence-corrected chi connectivity index (χ3v) is 4.52. The van der Waals surface area contributed by atoms with E-state index in [4.69, 9.17) is 4.74 Å². The van der Waals surface area contributed by atoms with Crippen LogP contribution in [0.5, 0.6) is 5.88 Å². The van der Waals surface area contributed by atoms with Crippen LogP contribution in [0.25, 0.3) is 0 Å². The van der Waals surface area contributed by atoms with Crippen molar-refractivity contribution in [3.8, 4) is 5.88 Å². The number of fused-ring (bicyclic) bond motifs is 1. The first-order chi connectivity index (χ1) is 10.3. The number of hydrogen-bond acceptors (Lipinski definition) is 5. The van der Waals surface area contributed by atoms with Gasteiger partial charge in [-0.2, -0.15) is 0 Å². The number of carbonyl (C=O) groups excluding carboxylic acids is 1. The second-order valence-corrected chi connectivity index (χ2v) is 6.18. The molecular formula is C15H20N4O2. The van der Waals surface area contributed by atoms with Crippen molar-refractivity contribution in [1.29, 1.82) is 0 Å². The molecule has 1 saturated carbocycles. The number of nitrogens with one attached hydrogen (secondary N) is 1. The maximum Gasteiger partial charge on any atom is 0.232 e. The average molecular weight is 288 g/mol. The molecule has 3 aliphatic rings. The SMILES string of the molecule is O=C1CCNC[C@@H]2C[C@H](Oc3cnc(C4CC4)cn3)CN12. The first-order valence-electron chi connectivity index (χ1n) is 7.78. The summed E-state index contributed by atoms with van der Waals surface area (Å²) >= 11 is 0. The summed E-state index contributed by atoms with van der Waals surface area (Å²) in [5, 5.41) is 3.31. The maximum atomic E-state index is 12.0. The summed E-state index contributed by atoms with van der Waals surface area (Å²) in [6.07, 6.45) is 7.47.